The third kappa shape index (κ3) is 3.15. The van der Waals surface area contributed by atoms with E-state index in [0.29, 0.717) is 6.54 Å². The minimum Gasteiger partial charge on any atom is -0.330 e. The second-order valence-electron chi connectivity index (χ2n) is 3.16. The molecule has 0 aliphatic rings. The maximum Gasteiger partial charge on any atom is 0.159 e. The fourth-order valence-electron chi connectivity index (χ4n) is 1.18. The van der Waals surface area contributed by atoms with Crippen LogP contribution >= 0.6 is 0 Å². The Morgan fingerprint density at radius 2 is 2.29 bits per heavy atom. The molecule has 1 aromatic rings. The van der Waals surface area contributed by atoms with Crippen molar-refractivity contribution < 1.29 is 4.79 Å². The summed E-state index contributed by atoms with van der Waals surface area (Å²) in [5, 5.41) is 0. The SMILES string of the molecule is CC(=O)c1cccc(C=CCCN)c1. The Morgan fingerprint density at radius 3 is 2.93 bits per heavy atom. The molecule has 0 heterocycles. The van der Waals surface area contributed by atoms with Crippen molar-refractivity contribution in [3.63, 3.8) is 0 Å². The molecule has 0 aromatic heterocycles. The molecular formula is C12H15NO. The second kappa shape index (κ2) is 5.35. The van der Waals surface area contributed by atoms with E-state index < -0.39 is 0 Å². The lowest BCUT2D eigenvalue weighted by molar-refractivity contribution is 0.101. The van der Waals surface area contributed by atoms with Gasteiger partial charge in [-0.2, -0.15) is 0 Å². The summed E-state index contributed by atoms with van der Waals surface area (Å²) in [5.74, 6) is 0.0964. The molecule has 0 aliphatic heterocycles. The lowest BCUT2D eigenvalue weighted by atomic mass is 10.1. The first-order valence-electron chi connectivity index (χ1n) is 4.71. The van der Waals surface area contributed by atoms with Crippen LogP contribution in [-0.4, -0.2) is 12.3 Å². The van der Waals surface area contributed by atoms with Crippen LogP contribution < -0.4 is 5.73 Å². The van der Waals surface area contributed by atoms with Crippen molar-refractivity contribution in [1.29, 1.82) is 0 Å². The molecular weight excluding hydrogens is 174 g/mol. The van der Waals surface area contributed by atoms with Gasteiger partial charge in [-0.3, -0.25) is 4.79 Å². The molecule has 2 N–H and O–H groups in total. The third-order valence-electron chi connectivity index (χ3n) is 1.94. The van der Waals surface area contributed by atoms with Crippen molar-refractivity contribution in [1.82, 2.24) is 0 Å². The highest BCUT2D eigenvalue weighted by atomic mass is 16.1. The predicted molar refractivity (Wildman–Crippen MR) is 59.2 cm³/mol. The molecule has 14 heavy (non-hydrogen) atoms. The van der Waals surface area contributed by atoms with Crippen LogP contribution in [0.4, 0.5) is 0 Å². The molecule has 0 bridgehead atoms. The normalized spacial score (nSPS) is 10.7. The van der Waals surface area contributed by atoms with E-state index in [9.17, 15) is 4.79 Å². The van der Waals surface area contributed by atoms with Crippen LogP contribution in [0.25, 0.3) is 6.08 Å². The summed E-state index contributed by atoms with van der Waals surface area (Å²) in [6.45, 7) is 2.23. The first kappa shape index (κ1) is 10.7. The van der Waals surface area contributed by atoms with Crippen molar-refractivity contribution in [3.8, 4) is 0 Å². The first-order chi connectivity index (χ1) is 6.74. The van der Waals surface area contributed by atoms with Crippen molar-refractivity contribution in [2.45, 2.75) is 13.3 Å². The van der Waals surface area contributed by atoms with Crippen LogP contribution in [0, 0.1) is 0 Å². The maximum absolute atomic E-state index is 11.1. The molecule has 0 fully saturated rings. The summed E-state index contributed by atoms with van der Waals surface area (Å²) in [6.07, 6.45) is 4.86. The van der Waals surface area contributed by atoms with E-state index in [0.717, 1.165) is 17.5 Å². The van der Waals surface area contributed by atoms with Crippen LogP contribution in [0.15, 0.2) is 30.3 Å². The van der Waals surface area contributed by atoms with Gasteiger partial charge in [-0.15, -0.1) is 0 Å². The summed E-state index contributed by atoms with van der Waals surface area (Å²) in [4.78, 5) is 11.1. The quantitative estimate of drug-likeness (QED) is 0.738. The van der Waals surface area contributed by atoms with E-state index in [1.54, 1.807) is 6.92 Å². The highest BCUT2D eigenvalue weighted by Gasteiger charge is 1.97. The lowest BCUT2D eigenvalue weighted by Gasteiger charge is -1.97. The average Bonchev–Trinajstić information content (AvgIpc) is 2.19. The van der Waals surface area contributed by atoms with Gasteiger partial charge in [-0.25, -0.2) is 0 Å². The minimum atomic E-state index is 0.0964. The monoisotopic (exact) mass is 189 g/mol. The average molecular weight is 189 g/mol. The van der Waals surface area contributed by atoms with Crippen LogP contribution in [0.2, 0.25) is 0 Å². The number of ketones is 1. The number of carbonyl (C=O) groups excluding carboxylic acids is 1. The van der Waals surface area contributed by atoms with Gasteiger partial charge in [-0.1, -0.05) is 30.4 Å². The summed E-state index contributed by atoms with van der Waals surface area (Å²) < 4.78 is 0. The van der Waals surface area contributed by atoms with Crippen LogP contribution in [-0.2, 0) is 0 Å². The van der Waals surface area contributed by atoms with E-state index in [1.807, 2.05) is 36.4 Å². The van der Waals surface area contributed by atoms with Crippen molar-refractivity contribution in [3.05, 3.63) is 41.5 Å². The molecule has 0 amide bonds. The molecule has 0 saturated carbocycles. The zero-order valence-corrected chi connectivity index (χ0v) is 8.36. The zero-order valence-electron chi connectivity index (χ0n) is 8.36. The van der Waals surface area contributed by atoms with Crippen LogP contribution in [0.3, 0.4) is 0 Å². The van der Waals surface area contributed by atoms with Crippen molar-refractivity contribution >= 4 is 11.9 Å². The van der Waals surface area contributed by atoms with Gasteiger partial charge in [0, 0.05) is 5.56 Å². The molecule has 0 radical (unpaired) electrons. The van der Waals surface area contributed by atoms with E-state index in [-0.39, 0.29) is 5.78 Å². The van der Waals surface area contributed by atoms with E-state index in [4.69, 9.17) is 5.73 Å². The van der Waals surface area contributed by atoms with Gasteiger partial charge in [0.05, 0.1) is 0 Å². The summed E-state index contributed by atoms with van der Waals surface area (Å²) in [7, 11) is 0. The van der Waals surface area contributed by atoms with Gasteiger partial charge in [-0.05, 0) is 31.5 Å². The molecule has 2 nitrogen and oxygen atoms in total. The molecule has 0 aliphatic carbocycles. The van der Waals surface area contributed by atoms with Gasteiger partial charge >= 0.3 is 0 Å². The Kier molecular flexibility index (Phi) is 4.08. The molecule has 1 rings (SSSR count). The fraction of sp³-hybridized carbons (Fsp3) is 0.250. The van der Waals surface area contributed by atoms with Gasteiger partial charge in [0.2, 0.25) is 0 Å². The van der Waals surface area contributed by atoms with Gasteiger partial charge in [0.1, 0.15) is 0 Å². The third-order valence-corrected chi connectivity index (χ3v) is 1.94. The van der Waals surface area contributed by atoms with Gasteiger partial charge in [0.15, 0.2) is 5.78 Å². The number of nitrogens with two attached hydrogens (primary N) is 1. The van der Waals surface area contributed by atoms with Gasteiger partial charge in [0.25, 0.3) is 0 Å². The molecule has 2 heteroatoms. The standard InChI is InChI=1S/C12H15NO/c1-10(14)12-7-4-6-11(9-12)5-2-3-8-13/h2,4-7,9H,3,8,13H2,1H3. The Balaban J connectivity index is 2.78. The summed E-state index contributed by atoms with van der Waals surface area (Å²) >= 11 is 0. The molecule has 74 valence electrons. The number of rotatable bonds is 4. The Labute approximate surface area is 84.4 Å². The first-order valence-corrected chi connectivity index (χ1v) is 4.71. The number of benzene rings is 1. The Morgan fingerprint density at radius 1 is 1.50 bits per heavy atom. The number of hydrogen-bond acceptors (Lipinski definition) is 2. The highest BCUT2D eigenvalue weighted by Crippen LogP contribution is 2.07. The number of carbonyl (C=O) groups is 1. The van der Waals surface area contributed by atoms with Crippen molar-refractivity contribution in [2.24, 2.45) is 5.73 Å². The summed E-state index contributed by atoms with van der Waals surface area (Å²) in [6, 6.07) is 7.57. The predicted octanol–water partition coefficient (Wildman–Crippen LogP) is 2.25. The maximum atomic E-state index is 11.1. The molecule has 0 spiro atoms. The molecule has 1 aromatic carbocycles. The van der Waals surface area contributed by atoms with Gasteiger partial charge < -0.3 is 5.73 Å². The Hall–Kier alpha value is -1.41. The van der Waals surface area contributed by atoms with E-state index >= 15 is 0 Å². The van der Waals surface area contributed by atoms with E-state index in [2.05, 4.69) is 0 Å². The molecule has 0 atom stereocenters. The Bertz CT molecular complexity index is 342. The van der Waals surface area contributed by atoms with Crippen LogP contribution in [0.5, 0.6) is 0 Å². The molecule has 0 unspecified atom stereocenters. The lowest BCUT2D eigenvalue weighted by Crippen LogP contribution is -1.95. The summed E-state index contributed by atoms with van der Waals surface area (Å²) in [5.41, 5.74) is 7.16. The topological polar surface area (TPSA) is 43.1 Å². The number of hydrogen-bond donors (Lipinski definition) is 1. The zero-order chi connectivity index (χ0) is 10.4. The van der Waals surface area contributed by atoms with Crippen LogP contribution in [0.1, 0.15) is 29.3 Å². The van der Waals surface area contributed by atoms with Crippen molar-refractivity contribution in [2.75, 3.05) is 6.54 Å². The number of Topliss-reactive ketones (excluding diaryl/α,β-unsaturated/α-hetero) is 1. The minimum absolute atomic E-state index is 0.0964. The highest BCUT2D eigenvalue weighted by molar-refractivity contribution is 5.94. The molecule has 0 saturated heterocycles. The van der Waals surface area contributed by atoms with E-state index in [1.165, 1.54) is 0 Å². The second-order valence-corrected chi connectivity index (χ2v) is 3.16. The largest absolute Gasteiger partial charge is 0.330 e. The smallest absolute Gasteiger partial charge is 0.159 e. The fourth-order valence-corrected chi connectivity index (χ4v) is 1.18.